The van der Waals surface area contributed by atoms with Crippen LogP contribution < -0.4 is 0 Å². The van der Waals surface area contributed by atoms with Gasteiger partial charge in [-0.2, -0.15) is 4.98 Å². The minimum atomic E-state index is -0.839. The SMILES string of the molecule is CCCCc1noc(CN(CCC)CC(=O)O)n1.Cl. The van der Waals surface area contributed by atoms with E-state index in [1.807, 2.05) is 6.92 Å². The molecule has 1 aromatic heterocycles. The van der Waals surface area contributed by atoms with E-state index in [-0.39, 0.29) is 19.0 Å². The fourth-order valence-corrected chi connectivity index (χ4v) is 1.70. The lowest BCUT2D eigenvalue weighted by atomic mass is 10.2. The highest BCUT2D eigenvalue weighted by Crippen LogP contribution is 2.06. The molecule has 0 saturated carbocycles. The van der Waals surface area contributed by atoms with Crippen molar-refractivity contribution in [1.82, 2.24) is 15.0 Å². The van der Waals surface area contributed by atoms with E-state index < -0.39 is 5.97 Å². The first kappa shape index (κ1) is 17.9. The third-order valence-corrected chi connectivity index (χ3v) is 2.52. The van der Waals surface area contributed by atoms with Crippen LogP contribution in [-0.4, -0.2) is 39.2 Å². The van der Waals surface area contributed by atoms with Gasteiger partial charge in [0.1, 0.15) is 0 Å². The molecule has 1 N–H and O–H groups in total. The highest BCUT2D eigenvalue weighted by atomic mass is 35.5. The van der Waals surface area contributed by atoms with Crippen LogP contribution >= 0.6 is 12.4 Å². The van der Waals surface area contributed by atoms with Crippen molar-refractivity contribution in [3.05, 3.63) is 11.7 Å². The quantitative estimate of drug-likeness (QED) is 0.751. The smallest absolute Gasteiger partial charge is 0.317 e. The Morgan fingerprint density at radius 3 is 2.68 bits per heavy atom. The summed E-state index contributed by atoms with van der Waals surface area (Å²) in [6.45, 7) is 5.23. The lowest BCUT2D eigenvalue weighted by molar-refractivity contribution is -0.138. The van der Waals surface area contributed by atoms with E-state index in [1.165, 1.54) is 0 Å². The van der Waals surface area contributed by atoms with Crippen molar-refractivity contribution in [1.29, 1.82) is 0 Å². The number of hydrogen-bond acceptors (Lipinski definition) is 5. The van der Waals surface area contributed by atoms with Gasteiger partial charge in [0.2, 0.25) is 5.89 Å². The first-order valence-corrected chi connectivity index (χ1v) is 6.41. The van der Waals surface area contributed by atoms with Gasteiger partial charge in [-0.3, -0.25) is 9.69 Å². The lowest BCUT2D eigenvalue weighted by Crippen LogP contribution is -2.30. The Morgan fingerprint density at radius 1 is 1.37 bits per heavy atom. The van der Waals surface area contributed by atoms with Crippen molar-refractivity contribution in [3.8, 4) is 0 Å². The number of halogens is 1. The molecule has 1 aromatic rings. The maximum Gasteiger partial charge on any atom is 0.317 e. The maximum absolute atomic E-state index is 10.7. The van der Waals surface area contributed by atoms with Gasteiger partial charge in [-0.05, 0) is 19.4 Å². The molecule has 0 aliphatic rings. The average molecular weight is 292 g/mol. The van der Waals surface area contributed by atoms with Crippen LogP contribution in [0.3, 0.4) is 0 Å². The molecule has 7 heteroatoms. The van der Waals surface area contributed by atoms with Gasteiger partial charge in [-0.25, -0.2) is 0 Å². The van der Waals surface area contributed by atoms with Crippen LogP contribution in [0, 0.1) is 0 Å². The Bertz CT molecular complexity index is 371. The monoisotopic (exact) mass is 291 g/mol. The molecule has 0 spiro atoms. The Morgan fingerprint density at radius 2 is 2.11 bits per heavy atom. The summed E-state index contributed by atoms with van der Waals surface area (Å²) in [5.74, 6) is 0.364. The molecule has 6 nitrogen and oxygen atoms in total. The molecular weight excluding hydrogens is 270 g/mol. The van der Waals surface area contributed by atoms with E-state index >= 15 is 0 Å². The number of carbonyl (C=O) groups is 1. The number of rotatable bonds is 9. The molecule has 0 unspecified atom stereocenters. The number of aryl methyl sites for hydroxylation is 1. The summed E-state index contributed by atoms with van der Waals surface area (Å²) in [6.07, 6.45) is 3.83. The number of aliphatic carboxylic acids is 1. The molecule has 110 valence electrons. The summed E-state index contributed by atoms with van der Waals surface area (Å²) in [4.78, 5) is 16.8. The van der Waals surface area contributed by atoms with E-state index in [2.05, 4.69) is 17.1 Å². The molecule has 1 rings (SSSR count). The van der Waals surface area contributed by atoms with Gasteiger partial charge in [0.05, 0.1) is 13.1 Å². The first-order valence-electron chi connectivity index (χ1n) is 6.41. The first-order chi connectivity index (χ1) is 8.65. The Labute approximate surface area is 119 Å². The molecule has 0 aromatic carbocycles. The molecule has 0 amide bonds. The van der Waals surface area contributed by atoms with Crippen LogP contribution in [0.2, 0.25) is 0 Å². The van der Waals surface area contributed by atoms with Crippen LogP contribution in [-0.2, 0) is 17.8 Å². The van der Waals surface area contributed by atoms with E-state index in [4.69, 9.17) is 9.63 Å². The molecule has 0 fully saturated rings. The lowest BCUT2D eigenvalue weighted by Gasteiger charge is -2.16. The standard InChI is InChI=1S/C12H21N3O3.ClH/c1-3-5-6-10-13-11(18-14-10)8-15(7-4-2)9-12(16)17;/h3-9H2,1-2H3,(H,16,17);1H. The van der Waals surface area contributed by atoms with Crippen LogP contribution in [0.1, 0.15) is 44.8 Å². The molecule has 0 saturated heterocycles. The topological polar surface area (TPSA) is 79.5 Å². The highest BCUT2D eigenvalue weighted by molar-refractivity contribution is 5.85. The Kier molecular flexibility index (Phi) is 9.16. The molecular formula is C12H22ClN3O3. The molecule has 0 atom stereocenters. The second kappa shape index (κ2) is 9.75. The zero-order valence-corrected chi connectivity index (χ0v) is 12.3. The van der Waals surface area contributed by atoms with E-state index in [9.17, 15) is 4.79 Å². The summed E-state index contributed by atoms with van der Waals surface area (Å²) < 4.78 is 5.12. The minimum absolute atomic E-state index is 0. The maximum atomic E-state index is 10.7. The van der Waals surface area contributed by atoms with Crippen molar-refractivity contribution < 1.29 is 14.4 Å². The predicted molar refractivity (Wildman–Crippen MR) is 73.4 cm³/mol. The van der Waals surface area contributed by atoms with Crippen molar-refractivity contribution in [3.63, 3.8) is 0 Å². The van der Waals surface area contributed by atoms with Crippen molar-refractivity contribution in [2.24, 2.45) is 0 Å². The van der Waals surface area contributed by atoms with Gasteiger partial charge in [0.15, 0.2) is 5.82 Å². The number of carboxylic acids is 1. The molecule has 19 heavy (non-hydrogen) atoms. The van der Waals surface area contributed by atoms with Crippen molar-refractivity contribution in [2.45, 2.75) is 46.1 Å². The second-order valence-corrected chi connectivity index (χ2v) is 4.31. The highest BCUT2D eigenvalue weighted by Gasteiger charge is 2.13. The third-order valence-electron chi connectivity index (χ3n) is 2.52. The Balaban J connectivity index is 0.00000324. The number of nitrogens with zero attached hydrogens (tertiary/aromatic N) is 3. The van der Waals surface area contributed by atoms with E-state index in [0.717, 1.165) is 25.7 Å². The minimum Gasteiger partial charge on any atom is -0.480 e. The van der Waals surface area contributed by atoms with E-state index in [1.54, 1.807) is 4.90 Å². The number of aromatic nitrogens is 2. The van der Waals surface area contributed by atoms with Crippen LogP contribution in [0.25, 0.3) is 0 Å². The van der Waals surface area contributed by atoms with Gasteiger partial charge in [-0.1, -0.05) is 25.4 Å². The van der Waals surface area contributed by atoms with Gasteiger partial charge in [0.25, 0.3) is 0 Å². The van der Waals surface area contributed by atoms with Gasteiger partial charge < -0.3 is 9.63 Å². The average Bonchev–Trinajstić information content (AvgIpc) is 2.73. The number of carboxylic acid groups (broad SMARTS) is 1. The zero-order valence-electron chi connectivity index (χ0n) is 11.5. The van der Waals surface area contributed by atoms with Gasteiger partial charge >= 0.3 is 5.97 Å². The summed E-state index contributed by atoms with van der Waals surface area (Å²) >= 11 is 0. The van der Waals surface area contributed by atoms with Crippen LogP contribution in [0.4, 0.5) is 0 Å². The summed E-state index contributed by atoms with van der Waals surface area (Å²) in [5.41, 5.74) is 0. The number of unbranched alkanes of at least 4 members (excludes halogenated alkanes) is 1. The van der Waals surface area contributed by atoms with Gasteiger partial charge in [0, 0.05) is 6.42 Å². The van der Waals surface area contributed by atoms with Crippen molar-refractivity contribution >= 4 is 18.4 Å². The van der Waals surface area contributed by atoms with E-state index in [0.29, 0.717) is 24.8 Å². The summed E-state index contributed by atoms with van der Waals surface area (Å²) in [6, 6.07) is 0. The molecule has 0 aliphatic carbocycles. The fourth-order valence-electron chi connectivity index (χ4n) is 1.70. The molecule has 0 aliphatic heterocycles. The van der Waals surface area contributed by atoms with Crippen LogP contribution in [0.15, 0.2) is 4.52 Å². The number of hydrogen-bond donors (Lipinski definition) is 1. The summed E-state index contributed by atoms with van der Waals surface area (Å²) in [5, 5.41) is 12.7. The van der Waals surface area contributed by atoms with Crippen molar-refractivity contribution in [2.75, 3.05) is 13.1 Å². The summed E-state index contributed by atoms with van der Waals surface area (Å²) in [7, 11) is 0. The normalized spacial score (nSPS) is 10.5. The molecule has 0 bridgehead atoms. The second-order valence-electron chi connectivity index (χ2n) is 4.31. The third kappa shape index (κ3) is 7.12. The largest absolute Gasteiger partial charge is 0.480 e. The molecule has 0 radical (unpaired) electrons. The Hall–Kier alpha value is -1.14. The van der Waals surface area contributed by atoms with Crippen LogP contribution in [0.5, 0.6) is 0 Å². The fraction of sp³-hybridized carbons (Fsp3) is 0.750. The zero-order chi connectivity index (χ0) is 13.4. The van der Waals surface area contributed by atoms with Gasteiger partial charge in [-0.15, -0.1) is 12.4 Å². The predicted octanol–water partition coefficient (Wildman–Crippen LogP) is 2.13. The molecule has 1 heterocycles.